The van der Waals surface area contributed by atoms with Gasteiger partial charge in [-0.1, -0.05) is 26.3 Å². The van der Waals surface area contributed by atoms with E-state index in [1.165, 1.54) is 0 Å². The molecule has 2 nitrogen and oxygen atoms in total. The Hall–Kier alpha value is -0.410. The molecule has 1 rings (SSSR count). The van der Waals surface area contributed by atoms with Crippen molar-refractivity contribution in [2.24, 2.45) is 11.7 Å². The highest BCUT2D eigenvalue weighted by Crippen LogP contribution is 2.21. The Balaban J connectivity index is 2.82. The van der Waals surface area contributed by atoms with Gasteiger partial charge in [0.25, 0.3) is 0 Å². The molecule has 1 unspecified atom stereocenters. The molecule has 0 aliphatic carbocycles. The van der Waals surface area contributed by atoms with Gasteiger partial charge in [0, 0.05) is 6.04 Å². The van der Waals surface area contributed by atoms with Crippen LogP contribution < -0.4 is 5.73 Å². The van der Waals surface area contributed by atoms with Gasteiger partial charge in [-0.15, -0.1) is 0 Å². The Morgan fingerprint density at radius 3 is 2.77 bits per heavy atom. The fraction of sp³-hybridized carbons (Fsp3) is 0.500. The van der Waals surface area contributed by atoms with Crippen LogP contribution in [-0.4, -0.2) is 4.98 Å². The van der Waals surface area contributed by atoms with E-state index < -0.39 is 0 Å². The lowest BCUT2D eigenvalue weighted by molar-refractivity contribution is 0.448. The first-order chi connectivity index (χ1) is 6.15. The Morgan fingerprint density at radius 1 is 1.54 bits per heavy atom. The highest BCUT2D eigenvalue weighted by atomic mass is 79.9. The molecule has 2 N–H and O–H groups in total. The van der Waals surface area contributed by atoms with Crippen molar-refractivity contribution in [2.75, 3.05) is 0 Å². The molecule has 0 spiro atoms. The third-order valence-corrected chi connectivity index (χ3v) is 2.78. The second-order valence-corrected chi connectivity index (χ2v) is 4.11. The van der Waals surface area contributed by atoms with Gasteiger partial charge in [-0.3, -0.25) is 0 Å². The molecular weight excluding hydrogens is 228 g/mol. The van der Waals surface area contributed by atoms with E-state index in [0.29, 0.717) is 5.92 Å². The van der Waals surface area contributed by atoms with Crippen LogP contribution >= 0.6 is 15.9 Å². The monoisotopic (exact) mass is 242 g/mol. The Bertz CT molecular complexity index is 275. The number of halogens is 1. The third kappa shape index (κ3) is 2.78. The molecule has 1 heterocycles. The molecule has 1 aromatic heterocycles. The number of nitrogens with two attached hydrogens (primary N) is 1. The van der Waals surface area contributed by atoms with Gasteiger partial charge in [-0.2, -0.15) is 0 Å². The summed E-state index contributed by atoms with van der Waals surface area (Å²) in [5, 5.41) is 0. The van der Waals surface area contributed by atoms with E-state index >= 15 is 0 Å². The Labute approximate surface area is 87.7 Å². The molecule has 13 heavy (non-hydrogen) atoms. The Kier molecular flexibility index (Phi) is 3.88. The van der Waals surface area contributed by atoms with Gasteiger partial charge in [-0.05, 0) is 34.0 Å². The minimum Gasteiger partial charge on any atom is -0.322 e. The quantitative estimate of drug-likeness (QED) is 0.829. The van der Waals surface area contributed by atoms with Crippen molar-refractivity contribution in [3.8, 4) is 0 Å². The van der Waals surface area contributed by atoms with E-state index in [0.717, 1.165) is 16.7 Å². The predicted octanol–water partition coefficient (Wildman–Crippen LogP) is 2.89. The van der Waals surface area contributed by atoms with Crippen LogP contribution in [0.1, 0.15) is 32.0 Å². The second kappa shape index (κ2) is 4.72. The van der Waals surface area contributed by atoms with Crippen LogP contribution in [0.4, 0.5) is 0 Å². The van der Waals surface area contributed by atoms with Crippen molar-refractivity contribution in [2.45, 2.75) is 26.3 Å². The molecule has 72 valence electrons. The van der Waals surface area contributed by atoms with Crippen LogP contribution in [0, 0.1) is 5.92 Å². The first kappa shape index (κ1) is 10.7. The molecule has 0 saturated heterocycles. The fourth-order valence-corrected chi connectivity index (χ4v) is 1.51. The van der Waals surface area contributed by atoms with Crippen molar-refractivity contribution in [1.29, 1.82) is 0 Å². The van der Waals surface area contributed by atoms with Crippen LogP contribution in [0.25, 0.3) is 0 Å². The largest absolute Gasteiger partial charge is 0.322 e. The lowest BCUT2D eigenvalue weighted by Gasteiger charge is -2.17. The summed E-state index contributed by atoms with van der Waals surface area (Å²) in [7, 11) is 0. The summed E-state index contributed by atoms with van der Waals surface area (Å²) in [5.41, 5.74) is 7.00. The summed E-state index contributed by atoms with van der Waals surface area (Å²) in [5.74, 6) is 0.474. The lowest BCUT2D eigenvalue weighted by Crippen LogP contribution is -2.19. The van der Waals surface area contributed by atoms with Crippen LogP contribution in [0.5, 0.6) is 0 Å². The van der Waals surface area contributed by atoms with Gasteiger partial charge in [0.15, 0.2) is 0 Å². The number of pyridine rings is 1. The summed E-state index contributed by atoms with van der Waals surface area (Å²) >= 11 is 3.33. The normalized spacial score (nSPS) is 15.4. The van der Waals surface area contributed by atoms with Crippen molar-refractivity contribution < 1.29 is 0 Å². The molecule has 0 aliphatic heterocycles. The van der Waals surface area contributed by atoms with Gasteiger partial charge >= 0.3 is 0 Å². The molecule has 0 saturated carbocycles. The van der Waals surface area contributed by atoms with Gasteiger partial charge in [0.05, 0.1) is 5.69 Å². The predicted molar refractivity (Wildman–Crippen MR) is 58.3 cm³/mol. The lowest BCUT2D eigenvalue weighted by atomic mass is 9.97. The zero-order valence-electron chi connectivity index (χ0n) is 8.00. The molecule has 3 heteroatoms. The van der Waals surface area contributed by atoms with Crippen LogP contribution in [0.2, 0.25) is 0 Å². The average Bonchev–Trinajstić information content (AvgIpc) is 2.15. The SMILES string of the molecule is CCC(C)[C@@H](N)c1cccc(Br)n1. The van der Waals surface area contributed by atoms with Gasteiger partial charge < -0.3 is 5.73 Å². The minimum atomic E-state index is 0.0440. The first-order valence-electron chi connectivity index (χ1n) is 4.53. The first-order valence-corrected chi connectivity index (χ1v) is 5.32. The zero-order valence-corrected chi connectivity index (χ0v) is 9.58. The van der Waals surface area contributed by atoms with E-state index in [-0.39, 0.29) is 6.04 Å². The fourth-order valence-electron chi connectivity index (χ4n) is 1.16. The summed E-state index contributed by atoms with van der Waals surface area (Å²) < 4.78 is 0.851. The maximum absolute atomic E-state index is 6.03. The van der Waals surface area contributed by atoms with E-state index in [1.54, 1.807) is 0 Å². The number of nitrogens with zero attached hydrogens (tertiary/aromatic N) is 1. The minimum absolute atomic E-state index is 0.0440. The average molecular weight is 243 g/mol. The molecular formula is C10H15BrN2. The van der Waals surface area contributed by atoms with Crippen molar-refractivity contribution in [3.63, 3.8) is 0 Å². The van der Waals surface area contributed by atoms with Crippen LogP contribution in [-0.2, 0) is 0 Å². The van der Waals surface area contributed by atoms with Crippen molar-refractivity contribution in [1.82, 2.24) is 4.98 Å². The van der Waals surface area contributed by atoms with Crippen LogP contribution in [0.3, 0.4) is 0 Å². The standard InChI is InChI=1S/C10H15BrN2/c1-3-7(2)10(12)8-5-4-6-9(11)13-8/h4-7,10H,3,12H2,1-2H3/t7?,10-/m1/s1. The molecule has 0 aromatic carbocycles. The summed E-state index contributed by atoms with van der Waals surface area (Å²) in [6, 6.07) is 5.89. The van der Waals surface area contributed by atoms with Gasteiger partial charge in [0.2, 0.25) is 0 Å². The highest BCUT2D eigenvalue weighted by molar-refractivity contribution is 9.10. The van der Waals surface area contributed by atoms with Crippen molar-refractivity contribution >= 4 is 15.9 Å². The molecule has 0 radical (unpaired) electrons. The molecule has 0 aliphatic rings. The maximum atomic E-state index is 6.03. The molecule has 0 amide bonds. The van der Waals surface area contributed by atoms with Crippen LogP contribution in [0.15, 0.2) is 22.8 Å². The maximum Gasteiger partial charge on any atom is 0.106 e. The van der Waals surface area contributed by atoms with E-state index in [9.17, 15) is 0 Å². The van der Waals surface area contributed by atoms with Gasteiger partial charge in [0.1, 0.15) is 4.60 Å². The molecule has 1 aromatic rings. The smallest absolute Gasteiger partial charge is 0.106 e. The second-order valence-electron chi connectivity index (χ2n) is 3.30. The van der Waals surface area contributed by atoms with E-state index in [2.05, 4.69) is 34.8 Å². The molecule has 2 atom stereocenters. The van der Waals surface area contributed by atoms with Gasteiger partial charge in [-0.25, -0.2) is 4.98 Å². The summed E-state index contributed by atoms with van der Waals surface area (Å²) in [4.78, 5) is 4.33. The summed E-state index contributed by atoms with van der Waals surface area (Å²) in [6.45, 7) is 4.29. The topological polar surface area (TPSA) is 38.9 Å². The van der Waals surface area contributed by atoms with Crippen molar-refractivity contribution in [3.05, 3.63) is 28.5 Å². The van der Waals surface area contributed by atoms with E-state index in [4.69, 9.17) is 5.73 Å². The number of hydrogen-bond donors (Lipinski definition) is 1. The third-order valence-electron chi connectivity index (χ3n) is 2.34. The number of hydrogen-bond acceptors (Lipinski definition) is 2. The van der Waals surface area contributed by atoms with E-state index in [1.807, 2.05) is 18.2 Å². The summed E-state index contributed by atoms with van der Waals surface area (Å²) in [6.07, 6.45) is 1.08. The molecule has 0 bridgehead atoms. The molecule has 0 fully saturated rings. The Morgan fingerprint density at radius 2 is 2.23 bits per heavy atom. The number of aromatic nitrogens is 1. The highest BCUT2D eigenvalue weighted by Gasteiger charge is 2.13. The zero-order chi connectivity index (χ0) is 9.84. The number of rotatable bonds is 3.